The van der Waals surface area contributed by atoms with Crippen LogP contribution in [0.5, 0.6) is 0 Å². The van der Waals surface area contributed by atoms with Crippen molar-refractivity contribution in [2.75, 3.05) is 37.5 Å². The smallest absolute Gasteiger partial charge is 0.224 e. The van der Waals surface area contributed by atoms with Crippen LogP contribution in [0.1, 0.15) is 19.5 Å². The lowest BCUT2D eigenvalue weighted by Crippen LogP contribution is -2.33. The van der Waals surface area contributed by atoms with Crippen LogP contribution in [0.3, 0.4) is 0 Å². The van der Waals surface area contributed by atoms with Crippen LogP contribution in [0.4, 0.5) is 11.8 Å². The molecule has 5 heteroatoms. The summed E-state index contributed by atoms with van der Waals surface area (Å²) in [6, 6.07) is 2.26. The summed E-state index contributed by atoms with van der Waals surface area (Å²) in [5.74, 6) is 1.59. The maximum Gasteiger partial charge on any atom is 0.224 e. The maximum absolute atomic E-state index is 5.15. The minimum Gasteiger partial charge on any atom is -0.383 e. The summed E-state index contributed by atoms with van der Waals surface area (Å²) in [5, 5.41) is 3.13. The number of anilines is 2. The molecule has 1 aromatic heterocycles. The molecule has 1 unspecified atom stereocenters. The van der Waals surface area contributed by atoms with Gasteiger partial charge in [-0.25, -0.2) is 4.98 Å². The van der Waals surface area contributed by atoms with E-state index in [4.69, 9.17) is 4.74 Å². The van der Waals surface area contributed by atoms with Crippen molar-refractivity contribution in [1.29, 1.82) is 0 Å². The van der Waals surface area contributed by atoms with Gasteiger partial charge in [0.2, 0.25) is 5.95 Å². The molecule has 17 heavy (non-hydrogen) atoms. The molecular formula is C12H22N4O. The molecule has 1 N–H and O–H groups in total. The molecular weight excluding hydrogens is 216 g/mol. The van der Waals surface area contributed by atoms with Gasteiger partial charge in [0.05, 0.1) is 12.6 Å². The Hall–Kier alpha value is -1.36. The number of nitrogens with one attached hydrogen (secondary N) is 1. The molecule has 0 aliphatic heterocycles. The highest BCUT2D eigenvalue weighted by atomic mass is 16.5. The fraction of sp³-hybridized carbons (Fsp3) is 0.667. The first-order valence-corrected chi connectivity index (χ1v) is 5.89. The largest absolute Gasteiger partial charge is 0.383 e. The Kier molecular flexibility index (Phi) is 5.15. The van der Waals surface area contributed by atoms with Crippen molar-refractivity contribution in [3.05, 3.63) is 11.8 Å². The normalized spacial score (nSPS) is 12.3. The molecule has 0 aromatic carbocycles. The molecule has 0 aliphatic carbocycles. The van der Waals surface area contributed by atoms with Gasteiger partial charge < -0.3 is 15.0 Å². The number of methoxy groups -OCH3 is 1. The molecule has 0 aliphatic rings. The average Bonchev–Trinajstić information content (AvgIpc) is 2.28. The summed E-state index contributed by atoms with van der Waals surface area (Å²) in [6.07, 6.45) is 0. The van der Waals surface area contributed by atoms with Crippen LogP contribution in [0, 0.1) is 6.92 Å². The molecule has 0 bridgehead atoms. The zero-order valence-electron chi connectivity index (χ0n) is 11.3. The molecule has 1 rings (SSSR count). The Morgan fingerprint density at radius 2 is 2.18 bits per heavy atom. The first-order chi connectivity index (χ1) is 8.08. The fourth-order valence-electron chi connectivity index (χ4n) is 1.55. The summed E-state index contributed by atoms with van der Waals surface area (Å²) in [6.45, 7) is 7.60. The van der Waals surface area contributed by atoms with Gasteiger partial charge in [0.15, 0.2) is 0 Å². The van der Waals surface area contributed by atoms with Crippen LogP contribution < -0.4 is 10.2 Å². The van der Waals surface area contributed by atoms with E-state index in [1.807, 2.05) is 27.0 Å². The molecule has 1 heterocycles. The number of likely N-dealkylation sites (N-methyl/N-ethyl adjacent to an activating group) is 1. The highest BCUT2D eigenvalue weighted by Gasteiger charge is 2.12. The van der Waals surface area contributed by atoms with Crippen molar-refractivity contribution >= 4 is 11.8 Å². The van der Waals surface area contributed by atoms with Crippen LogP contribution in [0.15, 0.2) is 6.07 Å². The van der Waals surface area contributed by atoms with Gasteiger partial charge in [0, 0.05) is 32.5 Å². The molecule has 0 saturated carbocycles. The SMILES string of the molecule is CCNc1nc(C)cc(N(C)C(C)COC)n1. The number of rotatable bonds is 6. The number of aromatic nitrogens is 2. The van der Waals surface area contributed by atoms with Crippen LogP contribution >= 0.6 is 0 Å². The monoisotopic (exact) mass is 238 g/mol. The van der Waals surface area contributed by atoms with Crippen LogP contribution in [-0.4, -0.2) is 43.3 Å². The Balaban J connectivity index is 2.88. The third kappa shape index (κ3) is 3.85. The van der Waals surface area contributed by atoms with Gasteiger partial charge in [-0.3, -0.25) is 0 Å². The number of hydrogen-bond donors (Lipinski definition) is 1. The molecule has 0 spiro atoms. The predicted molar refractivity (Wildman–Crippen MR) is 70.7 cm³/mol. The topological polar surface area (TPSA) is 50.3 Å². The second-order valence-electron chi connectivity index (χ2n) is 4.14. The molecule has 5 nitrogen and oxygen atoms in total. The fourth-order valence-corrected chi connectivity index (χ4v) is 1.55. The van der Waals surface area contributed by atoms with Gasteiger partial charge in [0.1, 0.15) is 5.82 Å². The Morgan fingerprint density at radius 1 is 1.47 bits per heavy atom. The van der Waals surface area contributed by atoms with Gasteiger partial charge in [-0.2, -0.15) is 4.98 Å². The van der Waals surface area contributed by atoms with Crippen LogP contribution in [-0.2, 0) is 4.74 Å². The summed E-state index contributed by atoms with van der Waals surface area (Å²) >= 11 is 0. The standard InChI is InChI=1S/C12H22N4O/c1-6-13-12-14-9(2)7-11(15-12)16(4)10(3)8-17-5/h7,10H,6,8H2,1-5H3,(H,13,14,15). The Labute approximate surface area is 103 Å². The molecule has 1 atom stereocenters. The van der Waals surface area contributed by atoms with Crippen molar-refractivity contribution in [3.63, 3.8) is 0 Å². The molecule has 0 fully saturated rings. The van der Waals surface area contributed by atoms with E-state index in [-0.39, 0.29) is 6.04 Å². The maximum atomic E-state index is 5.15. The highest BCUT2D eigenvalue weighted by molar-refractivity contribution is 5.44. The summed E-state index contributed by atoms with van der Waals surface area (Å²) < 4.78 is 5.15. The van der Waals surface area contributed by atoms with E-state index >= 15 is 0 Å². The summed E-state index contributed by atoms with van der Waals surface area (Å²) in [7, 11) is 3.72. The van der Waals surface area contributed by atoms with Gasteiger partial charge in [-0.05, 0) is 20.8 Å². The molecule has 0 radical (unpaired) electrons. The van der Waals surface area contributed by atoms with Crippen molar-refractivity contribution in [3.8, 4) is 0 Å². The minimum absolute atomic E-state index is 0.281. The highest BCUT2D eigenvalue weighted by Crippen LogP contribution is 2.15. The molecule has 96 valence electrons. The summed E-state index contributed by atoms with van der Waals surface area (Å²) in [5.41, 5.74) is 0.961. The number of nitrogens with zero attached hydrogens (tertiary/aromatic N) is 3. The first kappa shape index (κ1) is 13.7. The zero-order valence-corrected chi connectivity index (χ0v) is 11.3. The van der Waals surface area contributed by atoms with Crippen molar-refractivity contribution < 1.29 is 4.74 Å². The number of ether oxygens (including phenoxy) is 1. The van der Waals surface area contributed by atoms with Crippen LogP contribution in [0.25, 0.3) is 0 Å². The van der Waals surface area contributed by atoms with E-state index < -0.39 is 0 Å². The van der Waals surface area contributed by atoms with E-state index in [1.165, 1.54) is 0 Å². The lowest BCUT2D eigenvalue weighted by Gasteiger charge is -2.25. The second kappa shape index (κ2) is 6.39. The zero-order chi connectivity index (χ0) is 12.8. The Morgan fingerprint density at radius 3 is 2.76 bits per heavy atom. The van der Waals surface area contributed by atoms with Gasteiger partial charge in [-0.15, -0.1) is 0 Å². The lowest BCUT2D eigenvalue weighted by atomic mass is 10.3. The molecule has 0 saturated heterocycles. The van der Waals surface area contributed by atoms with Crippen LogP contribution in [0.2, 0.25) is 0 Å². The quantitative estimate of drug-likeness (QED) is 0.817. The first-order valence-electron chi connectivity index (χ1n) is 5.89. The van der Waals surface area contributed by atoms with Crippen molar-refractivity contribution in [2.24, 2.45) is 0 Å². The minimum atomic E-state index is 0.281. The van der Waals surface area contributed by atoms with E-state index in [2.05, 4.69) is 27.1 Å². The molecule has 1 aromatic rings. The van der Waals surface area contributed by atoms with Gasteiger partial charge in [-0.1, -0.05) is 0 Å². The summed E-state index contributed by atoms with van der Waals surface area (Å²) in [4.78, 5) is 10.9. The van der Waals surface area contributed by atoms with Crippen molar-refractivity contribution in [1.82, 2.24) is 9.97 Å². The van der Waals surface area contributed by atoms with Gasteiger partial charge in [0.25, 0.3) is 0 Å². The van der Waals surface area contributed by atoms with E-state index in [1.54, 1.807) is 7.11 Å². The van der Waals surface area contributed by atoms with Crippen molar-refractivity contribution in [2.45, 2.75) is 26.8 Å². The molecule has 0 amide bonds. The predicted octanol–water partition coefficient (Wildman–Crippen LogP) is 1.69. The van der Waals surface area contributed by atoms with Gasteiger partial charge >= 0.3 is 0 Å². The average molecular weight is 238 g/mol. The second-order valence-corrected chi connectivity index (χ2v) is 4.14. The van der Waals surface area contributed by atoms with E-state index in [0.717, 1.165) is 18.1 Å². The number of aryl methyl sites for hydroxylation is 1. The Bertz CT molecular complexity index is 356. The lowest BCUT2D eigenvalue weighted by molar-refractivity contribution is 0.183. The van der Waals surface area contributed by atoms with E-state index in [9.17, 15) is 0 Å². The third-order valence-corrected chi connectivity index (χ3v) is 2.61. The third-order valence-electron chi connectivity index (χ3n) is 2.61. The van der Waals surface area contributed by atoms with E-state index in [0.29, 0.717) is 12.6 Å². The number of hydrogen-bond acceptors (Lipinski definition) is 5.